The van der Waals surface area contributed by atoms with Gasteiger partial charge in [0.25, 0.3) is 0 Å². The largest absolute Gasteiger partial charge is 0.497 e. The summed E-state index contributed by atoms with van der Waals surface area (Å²) < 4.78 is 11.1. The second-order valence-corrected chi connectivity index (χ2v) is 5.77. The maximum absolute atomic E-state index is 10.4. The lowest BCUT2D eigenvalue weighted by atomic mass is 9.95. The molecule has 5 heteroatoms. The molecule has 2 aromatic rings. The van der Waals surface area contributed by atoms with Crippen LogP contribution in [0.15, 0.2) is 36.4 Å². The molecule has 0 saturated heterocycles. The van der Waals surface area contributed by atoms with Crippen LogP contribution in [-0.4, -0.2) is 12.2 Å². The fourth-order valence-corrected chi connectivity index (χ4v) is 2.92. The number of rotatable bonds is 2. The number of fused-ring (bicyclic) bond motifs is 1. The maximum atomic E-state index is 10.4. The van der Waals surface area contributed by atoms with E-state index < -0.39 is 6.10 Å². The highest BCUT2D eigenvalue weighted by atomic mass is 35.5. The first-order valence-electron chi connectivity index (χ1n) is 6.56. The summed E-state index contributed by atoms with van der Waals surface area (Å²) in [5.41, 5.74) is 1.51. The van der Waals surface area contributed by atoms with Crippen molar-refractivity contribution in [3.8, 4) is 11.5 Å². The molecule has 21 heavy (non-hydrogen) atoms. The summed E-state index contributed by atoms with van der Waals surface area (Å²) in [6.07, 6.45) is -0.545. The van der Waals surface area contributed by atoms with Crippen molar-refractivity contribution < 1.29 is 14.6 Å². The van der Waals surface area contributed by atoms with Crippen LogP contribution in [0.3, 0.4) is 0 Å². The predicted octanol–water partition coefficient (Wildman–Crippen LogP) is 4.56. The average molecular weight is 325 g/mol. The van der Waals surface area contributed by atoms with Crippen LogP contribution >= 0.6 is 23.2 Å². The van der Waals surface area contributed by atoms with E-state index in [1.54, 1.807) is 43.5 Å². The van der Waals surface area contributed by atoms with Crippen LogP contribution in [0.25, 0.3) is 0 Å². The first kappa shape index (κ1) is 14.5. The van der Waals surface area contributed by atoms with Crippen molar-refractivity contribution in [2.45, 2.75) is 18.6 Å². The van der Waals surface area contributed by atoms with Crippen LogP contribution in [0.5, 0.6) is 11.5 Å². The molecule has 0 bridgehead atoms. The molecule has 1 aliphatic heterocycles. The van der Waals surface area contributed by atoms with E-state index in [0.29, 0.717) is 28.0 Å². The molecule has 1 N–H and O–H groups in total. The summed E-state index contributed by atoms with van der Waals surface area (Å²) in [7, 11) is 1.59. The Hall–Kier alpha value is -1.42. The Kier molecular flexibility index (Phi) is 3.98. The fraction of sp³-hybridized carbons (Fsp3) is 0.250. The summed E-state index contributed by atoms with van der Waals surface area (Å²) in [5.74, 6) is 1.33. The standard InChI is InChI=1S/C16H14Cl2O3/c1-20-10-3-5-15-12(7-10)14(19)8-16(21-15)11-6-9(17)2-4-13(11)18/h2-7,14,16,19H,8H2,1H3/t14-,16?/m1/s1. The van der Waals surface area contributed by atoms with Crippen LogP contribution < -0.4 is 9.47 Å². The second kappa shape index (κ2) is 5.76. The van der Waals surface area contributed by atoms with E-state index >= 15 is 0 Å². The Morgan fingerprint density at radius 1 is 1.14 bits per heavy atom. The van der Waals surface area contributed by atoms with Crippen molar-refractivity contribution >= 4 is 23.2 Å². The van der Waals surface area contributed by atoms with Crippen LogP contribution in [0.1, 0.15) is 29.8 Å². The summed E-state index contributed by atoms with van der Waals surface area (Å²) >= 11 is 12.2. The zero-order valence-corrected chi connectivity index (χ0v) is 12.9. The molecule has 2 atom stereocenters. The number of halogens is 2. The van der Waals surface area contributed by atoms with Crippen molar-refractivity contribution in [1.29, 1.82) is 0 Å². The van der Waals surface area contributed by atoms with Crippen molar-refractivity contribution in [3.05, 3.63) is 57.6 Å². The predicted molar refractivity (Wildman–Crippen MR) is 82.4 cm³/mol. The zero-order chi connectivity index (χ0) is 15.0. The van der Waals surface area contributed by atoms with Crippen molar-refractivity contribution in [1.82, 2.24) is 0 Å². The average Bonchev–Trinajstić information content (AvgIpc) is 2.49. The van der Waals surface area contributed by atoms with E-state index in [4.69, 9.17) is 32.7 Å². The highest BCUT2D eigenvalue weighted by molar-refractivity contribution is 6.33. The third-order valence-electron chi connectivity index (χ3n) is 3.59. The molecule has 3 rings (SSSR count). The molecule has 0 aliphatic carbocycles. The highest BCUT2D eigenvalue weighted by Crippen LogP contribution is 2.43. The van der Waals surface area contributed by atoms with Crippen LogP contribution in [-0.2, 0) is 0 Å². The first-order chi connectivity index (χ1) is 10.1. The molecule has 0 fully saturated rings. The lowest BCUT2D eigenvalue weighted by Gasteiger charge is -2.30. The van der Waals surface area contributed by atoms with Gasteiger partial charge in [-0.05, 0) is 36.4 Å². The van der Waals surface area contributed by atoms with Crippen molar-refractivity contribution in [2.24, 2.45) is 0 Å². The van der Waals surface area contributed by atoms with Gasteiger partial charge in [0.1, 0.15) is 17.6 Å². The van der Waals surface area contributed by atoms with Gasteiger partial charge in [-0.3, -0.25) is 0 Å². The summed E-state index contributed by atoms with van der Waals surface area (Å²) in [6.45, 7) is 0. The lowest BCUT2D eigenvalue weighted by molar-refractivity contribution is 0.0655. The Labute approximate surface area is 133 Å². The number of aliphatic hydroxyl groups excluding tert-OH is 1. The molecular weight excluding hydrogens is 311 g/mol. The van der Waals surface area contributed by atoms with Crippen LogP contribution in [0, 0.1) is 0 Å². The Bertz CT molecular complexity index is 673. The van der Waals surface area contributed by atoms with Gasteiger partial charge in [-0.2, -0.15) is 0 Å². The SMILES string of the molecule is COc1ccc2c(c1)[C@H](O)CC(c1cc(Cl)ccc1Cl)O2. The van der Waals surface area contributed by atoms with E-state index in [2.05, 4.69) is 0 Å². The van der Waals surface area contributed by atoms with Gasteiger partial charge in [-0.1, -0.05) is 23.2 Å². The molecule has 110 valence electrons. The van der Waals surface area contributed by atoms with Crippen molar-refractivity contribution in [3.63, 3.8) is 0 Å². The van der Waals surface area contributed by atoms with E-state index in [1.165, 1.54) is 0 Å². The van der Waals surface area contributed by atoms with Gasteiger partial charge in [0.2, 0.25) is 0 Å². The Morgan fingerprint density at radius 2 is 1.95 bits per heavy atom. The van der Waals surface area contributed by atoms with Gasteiger partial charge in [-0.25, -0.2) is 0 Å². The molecule has 2 aromatic carbocycles. The molecule has 0 radical (unpaired) electrons. The number of methoxy groups -OCH3 is 1. The maximum Gasteiger partial charge on any atom is 0.128 e. The smallest absolute Gasteiger partial charge is 0.128 e. The van der Waals surface area contributed by atoms with Gasteiger partial charge in [-0.15, -0.1) is 0 Å². The van der Waals surface area contributed by atoms with Gasteiger partial charge in [0.15, 0.2) is 0 Å². The lowest BCUT2D eigenvalue weighted by Crippen LogP contribution is -2.19. The van der Waals surface area contributed by atoms with Gasteiger partial charge in [0.05, 0.1) is 13.2 Å². The van der Waals surface area contributed by atoms with Crippen molar-refractivity contribution in [2.75, 3.05) is 7.11 Å². The summed E-state index contributed by atoms with van der Waals surface area (Å²) in [5, 5.41) is 11.5. The normalized spacial score (nSPS) is 20.6. The van der Waals surface area contributed by atoms with E-state index in [-0.39, 0.29) is 6.10 Å². The number of benzene rings is 2. The summed E-state index contributed by atoms with van der Waals surface area (Å²) in [4.78, 5) is 0. The Morgan fingerprint density at radius 3 is 2.71 bits per heavy atom. The minimum absolute atomic E-state index is 0.327. The van der Waals surface area contributed by atoms with E-state index in [1.807, 2.05) is 0 Å². The molecule has 0 saturated carbocycles. The zero-order valence-electron chi connectivity index (χ0n) is 11.3. The third-order valence-corrected chi connectivity index (χ3v) is 4.17. The highest BCUT2D eigenvalue weighted by Gasteiger charge is 2.29. The summed E-state index contributed by atoms with van der Waals surface area (Å²) in [6, 6.07) is 10.6. The third kappa shape index (κ3) is 2.82. The molecule has 1 aliphatic rings. The van der Waals surface area contributed by atoms with Gasteiger partial charge in [0, 0.05) is 27.6 Å². The number of hydrogen-bond donors (Lipinski definition) is 1. The Balaban J connectivity index is 1.96. The minimum Gasteiger partial charge on any atom is -0.497 e. The van der Waals surface area contributed by atoms with E-state index in [9.17, 15) is 5.11 Å². The van der Waals surface area contributed by atoms with Gasteiger partial charge < -0.3 is 14.6 Å². The van der Waals surface area contributed by atoms with Crippen LogP contribution in [0.4, 0.5) is 0 Å². The molecule has 3 nitrogen and oxygen atoms in total. The fourth-order valence-electron chi connectivity index (χ4n) is 2.50. The van der Waals surface area contributed by atoms with E-state index in [0.717, 1.165) is 11.1 Å². The van der Waals surface area contributed by atoms with Crippen LogP contribution in [0.2, 0.25) is 10.0 Å². The number of hydrogen-bond acceptors (Lipinski definition) is 3. The number of ether oxygens (including phenoxy) is 2. The number of aliphatic hydroxyl groups is 1. The molecule has 1 heterocycles. The minimum atomic E-state index is -0.635. The second-order valence-electron chi connectivity index (χ2n) is 4.93. The monoisotopic (exact) mass is 324 g/mol. The molecular formula is C16H14Cl2O3. The quantitative estimate of drug-likeness (QED) is 0.880. The molecule has 1 unspecified atom stereocenters. The first-order valence-corrected chi connectivity index (χ1v) is 7.31. The molecule has 0 spiro atoms. The molecule has 0 aromatic heterocycles. The topological polar surface area (TPSA) is 38.7 Å². The van der Waals surface area contributed by atoms with Gasteiger partial charge >= 0.3 is 0 Å². The molecule has 0 amide bonds.